The van der Waals surface area contributed by atoms with Gasteiger partial charge in [-0.3, -0.25) is 4.79 Å². The van der Waals surface area contributed by atoms with Crippen LogP contribution < -0.4 is 0 Å². The fourth-order valence-electron chi connectivity index (χ4n) is 2.66. The number of ketones is 1. The van der Waals surface area contributed by atoms with Gasteiger partial charge >= 0.3 is 0 Å². The first-order valence-corrected chi connectivity index (χ1v) is 6.74. The molecule has 0 fully saturated rings. The van der Waals surface area contributed by atoms with Crippen LogP contribution in [0.15, 0.2) is 48.7 Å². The molecule has 3 rings (SSSR count). The van der Waals surface area contributed by atoms with Crippen LogP contribution in [0.5, 0.6) is 0 Å². The van der Waals surface area contributed by atoms with Gasteiger partial charge in [-0.05, 0) is 31.0 Å². The molecule has 1 aromatic heterocycles. The number of carbonyl (C=O) groups is 1. The lowest BCUT2D eigenvalue weighted by atomic mass is 9.96. The Morgan fingerprint density at radius 2 is 1.70 bits per heavy atom. The molecule has 2 aromatic carbocycles. The van der Waals surface area contributed by atoms with Crippen molar-refractivity contribution in [1.82, 2.24) is 4.57 Å². The third kappa shape index (κ3) is 1.85. The maximum Gasteiger partial charge on any atom is 0.195 e. The topological polar surface area (TPSA) is 22.0 Å². The minimum atomic E-state index is 0.100. The van der Waals surface area contributed by atoms with Gasteiger partial charge in [-0.2, -0.15) is 0 Å². The zero-order valence-electron chi connectivity index (χ0n) is 12.0. The highest BCUT2D eigenvalue weighted by Crippen LogP contribution is 2.24. The zero-order valence-corrected chi connectivity index (χ0v) is 12.0. The lowest BCUT2D eigenvalue weighted by Crippen LogP contribution is -2.04. The largest absolute Gasteiger partial charge is 0.350 e. The summed E-state index contributed by atoms with van der Waals surface area (Å²) in [7, 11) is 1.97. The highest BCUT2D eigenvalue weighted by molar-refractivity contribution is 6.17. The van der Waals surface area contributed by atoms with E-state index in [4.69, 9.17) is 0 Å². The molecule has 0 aliphatic heterocycles. The average molecular weight is 263 g/mol. The molecule has 0 saturated heterocycles. The molecule has 0 saturated carbocycles. The first-order valence-electron chi connectivity index (χ1n) is 6.74. The second-order valence-electron chi connectivity index (χ2n) is 5.25. The second-order valence-corrected chi connectivity index (χ2v) is 5.25. The fourth-order valence-corrected chi connectivity index (χ4v) is 2.66. The maximum absolute atomic E-state index is 12.8. The van der Waals surface area contributed by atoms with Crippen LogP contribution in [0.25, 0.3) is 10.9 Å². The molecule has 100 valence electrons. The van der Waals surface area contributed by atoms with Crippen LogP contribution in [0.1, 0.15) is 27.0 Å². The zero-order chi connectivity index (χ0) is 14.3. The molecule has 2 heteroatoms. The quantitative estimate of drug-likeness (QED) is 0.640. The van der Waals surface area contributed by atoms with Crippen LogP contribution in [0.4, 0.5) is 0 Å². The number of nitrogens with zero attached hydrogens (tertiary/aromatic N) is 1. The van der Waals surface area contributed by atoms with E-state index in [0.717, 1.165) is 33.2 Å². The van der Waals surface area contributed by atoms with Crippen molar-refractivity contribution >= 4 is 16.7 Å². The molecule has 0 aliphatic carbocycles. The summed E-state index contributed by atoms with van der Waals surface area (Å²) >= 11 is 0. The van der Waals surface area contributed by atoms with Gasteiger partial charge in [0.25, 0.3) is 0 Å². The first-order chi connectivity index (χ1) is 9.59. The van der Waals surface area contributed by atoms with Crippen molar-refractivity contribution in [2.24, 2.45) is 7.05 Å². The number of hydrogen-bond donors (Lipinski definition) is 0. The molecule has 0 spiro atoms. The van der Waals surface area contributed by atoms with E-state index in [-0.39, 0.29) is 5.78 Å². The van der Waals surface area contributed by atoms with Crippen molar-refractivity contribution in [2.75, 3.05) is 0 Å². The SMILES string of the molecule is Cc1cccc(C(=O)c2cn(C)c3ccccc23)c1C. The van der Waals surface area contributed by atoms with Crippen molar-refractivity contribution in [1.29, 1.82) is 0 Å². The number of hydrogen-bond acceptors (Lipinski definition) is 1. The van der Waals surface area contributed by atoms with E-state index in [0.29, 0.717) is 0 Å². The molecule has 0 radical (unpaired) electrons. The van der Waals surface area contributed by atoms with Crippen LogP contribution in [0.3, 0.4) is 0 Å². The second kappa shape index (κ2) is 4.64. The average Bonchev–Trinajstić information content (AvgIpc) is 2.79. The molecule has 2 nitrogen and oxygen atoms in total. The first kappa shape index (κ1) is 12.7. The highest BCUT2D eigenvalue weighted by atomic mass is 16.1. The van der Waals surface area contributed by atoms with E-state index < -0.39 is 0 Å². The predicted octanol–water partition coefficient (Wildman–Crippen LogP) is 4.03. The Hall–Kier alpha value is -2.35. The normalized spacial score (nSPS) is 10.9. The van der Waals surface area contributed by atoms with Gasteiger partial charge in [0, 0.05) is 35.3 Å². The predicted molar refractivity (Wildman–Crippen MR) is 82.3 cm³/mol. The Labute approximate surface area is 118 Å². The molecule has 20 heavy (non-hydrogen) atoms. The van der Waals surface area contributed by atoms with Crippen molar-refractivity contribution in [3.05, 3.63) is 70.9 Å². The number of fused-ring (bicyclic) bond motifs is 1. The fraction of sp³-hybridized carbons (Fsp3) is 0.167. The Morgan fingerprint density at radius 1 is 0.950 bits per heavy atom. The lowest BCUT2D eigenvalue weighted by Gasteiger charge is -2.06. The Kier molecular flexibility index (Phi) is 2.94. The summed E-state index contributed by atoms with van der Waals surface area (Å²) in [6.45, 7) is 4.04. The smallest absolute Gasteiger partial charge is 0.195 e. The summed E-state index contributed by atoms with van der Waals surface area (Å²) in [6, 6.07) is 13.9. The summed E-state index contributed by atoms with van der Waals surface area (Å²) in [5.74, 6) is 0.100. The Bertz CT molecular complexity index is 811. The summed E-state index contributed by atoms with van der Waals surface area (Å²) in [6.07, 6.45) is 1.93. The Balaban J connectivity index is 2.21. The summed E-state index contributed by atoms with van der Waals surface area (Å²) in [5.41, 5.74) is 4.86. The molecule has 0 atom stereocenters. The van der Waals surface area contributed by atoms with Gasteiger partial charge in [-0.1, -0.05) is 36.4 Å². The van der Waals surface area contributed by atoms with E-state index in [9.17, 15) is 4.79 Å². The highest BCUT2D eigenvalue weighted by Gasteiger charge is 2.17. The molecular weight excluding hydrogens is 246 g/mol. The molecule has 0 unspecified atom stereocenters. The van der Waals surface area contributed by atoms with Crippen molar-refractivity contribution in [2.45, 2.75) is 13.8 Å². The summed E-state index contributed by atoms with van der Waals surface area (Å²) < 4.78 is 2.01. The van der Waals surface area contributed by atoms with Gasteiger partial charge in [0.2, 0.25) is 0 Å². The number of carbonyl (C=O) groups excluding carboxylic acids is 1. The maximum atomic E-state index is 12.8. The molecule has 0 aliphatic rings. The lowest BCUT2D eigenvalue weighted by molar-refractivity contribution is 0.103. The molecule has 0 N–H and O–H groups in total. The summed E-state index contributed by atoms with van der Waals surface area (Å²) in [4.78, 5) is 12.8. The minimum absolute atomic E-state index is 0.100. The van der Waals surface area contributed by atoms with Gasteiger partial charge in [-0.15, -0.1) is 0 Å². The van der Waals surface area contributed by atoms with Gasteiger partial charge in [0.15, 0.2) is 5.78 Å². The van der Waals surface area contributed by atoms with Gasteiger partial charge in [-0.25, -0.2) is 0 Å². The van der Waals surface area contributed by atoms with E-state index in [1.807, 2.05) is 74.1 Å². The van der Waals surface area contributed by atoms with Gasteiger partial charge < -0.3 is 4.57 Å². The number of benzene rings is 2. The van der Waals surface area contributed by atoms with E-state index in [1.54, 1.807) is 0 Å². The number of aromatic nitrogens is 1. The standard InChI is InChI=1S/C18H17NO/c1-12-7-6-9-14(13(12)2)18(20)16-11-19(3)17-10-5-4-8-15(16)17/h4-11H,1-3H3. The van der Waals surface area contributed by atoms with Crippen LogP contribution in [-0.2, 0) is 7.05 Å². The Morgan fingerprint density at radius 3 is 2.50 bits per heavy atom. The van der Waals surface area contributed by atoms with Crippen LogP contribution in [-0.4, -0.2) is 10.4 Å². The molecule has 0 bridgehead atoms. The van der Waals surface area contributed by atoms with Gasteiger partial charge in [0.1, 0.15) is 0 Å². The molecule has 0 amide bonds. The van der Waals surface area contributed by atoms with E-state index >= 15 is 0 Å². The van der Waals surface area contributed by atoms with Crippen LogP contribution in [0, 0.1) is 13.8 Å². The van der Waals surface area contributed by atoms with Crippen molar-refractivity contribution < 1.29 is 4.79 Å². The van der Waals surface area contributed by atoms with Gasteiger partial charge in [0.05, 0.1) is 0 Å². The molecule has 1 heterocycles. The third-order valence-electron chi connectivity index (χ3n) is 3.99. The molecular formula is C18H17NO. The van der Waals surface area contributed by atoms with Crippen LogP contribution in [0.2, 0.25) is 0 Å². The van der Waals surface area contributed by atoms with Crippen molar-refractivity contribution in [3.63, 3.8) is 0 Å². The minimum Gasteiger partial charge on any atom is -0.350 e. The van der Waals surface area contributed by atoms with Crippen LogP contribution >= 0.6 is 0 Å². The van der Waals surface area contributed by atoms with E-state index in [2.05, 4.69) is 0 Å². The monoisotopic (exact) mass is 263 g/mol. The molecule has 3 aromatic rings. The number of aryl methyl sites for hydroxylation is 2. The van der Waals surface area contributed by atoms with E-state index in [1.165, 1.54) is 0 Å². The third-order valence-corrected chi connectivity index (χ3v) is 3.99. The van der Waals surface area contributed by atoms with Crippen molar-refractivity contribution in [3.8, 4) is 0 Å². The number of para-hydroxylation sites is 1. The number of rotatable bonds is 2. The summed E-state index contributed by atoms with van der Waals surface area (Å²) in [5, 5.41) is 1.01.